The van der Waals surface area contributed by atoms with E-state index in [2.05, 4.69) is 11.9 Å². The van der Waals surface area contributed by atoms with Crippen molar-refractivity contribution in [2.24, 2.45) is 0 Å². The van der Waals surface area contributed by atoms with E-state index in [9.17, 15) is 4.79 Å². The monoisotopic (exact) mass is 214 g/mol. The van der Waals surface area contributed by atoms with Crippen LogP contribution >= 0.6 is 0 Å². The maximum atomic E-state index is 10.6. The zero-order valence-corrected chi connectivity index (χ0v) is 9.78. The average molecular weight is 214 g/mol. The Balaban J connectivity index is 2.38. The Morgan fingerprint density at radius 2 is 2.27 bits per heavy atom. The average Bonchev–Trinajstić information content (AvgIpc) is 2.19. The summed E-state index contributed by atoms with van der Waals surface area (Å²) < 4.78 is 0. The van der Waals surface area contributed by atoms with Gasteiger partial charge in [-0.1, -0.05) is 13.3 Å². The molecule has 4 heteroatoms. The third kappa shape index (κ3) is 4.18. The first-order chi connectivity index (χ1) is 7.13. The minimum atomic E-state index is -0.727. The van der Waals surface area contributed by atoms with Crippen LogP contribution in [0.4, 0.5) is 0 Å². The first-order valence-corrected chi connectivity index (χ1v) is 5.78. The second-order valence-corrected chi connectivity index (χ2v) is 4.35. The summed E-state index contributed by atoms with van der Waals surface area (Å²) in [6, 6.07) is 0.540. The van der Waals surface area contributed by atoms with E-state index >= 15 is 0 Å². The molecular formula is C11H22N2O2. The largest absolute Gasteiger partial charge is 0.480 e. The van der Waals surface area contributed by atoms with Gasteiger partial charge in [-0.3, -0.25) is 9.69 Å². The van der Waals surface area contributed by atoms with Crippen LogP contribution in [0.3, 0.4) is 0 Å². The topological polar surface area (TPSA) is 43.8 Å². The van der Waals surface area contributed by atoms with E-state index < -0.39 is 5.97 Å². The van der Waals surface area contributed by atoms with Crippen molar-refractivity contribution in [3.63, 3.8) is 0 Å². The Bertz CT molecular complexity index is 209. The molecule has 1 heterocycles. The van der Waals surface area contributed by atoms with Crippen molar-refractivity contribution < 1.29 is 9.90 Å². The molecule has 0 spiro atoms. The van der Waals surface area contributed by atoms with E-state index in [0.29, 0.717) is 6.04 Å². The van der Waals surface area contributed by atoms with Crippen molar-refractivity contribution in [2.75, 3.05) is 33.2 Å². The number of carboxylic acids is 1. The molecule has 1 fully saturated rings. The third-order valence-electron chi connectivity index (χ3n) is 3.20. The van der Waals surface area contributed by atoms with Gasteiger partial charge in [-0.05, 0) is 33.0 Å². The molecule has 1 aliphatic rings. The number of carbonyl (C=O) groups is 1. The van der Waals surface area contributed by atoms with Crippen LogP contribution in [0.15, 0.2) is 0 Å². The zero-order valence-electron chi connectivity index (χ0n) is 9.78. The molecule has 1 atom stereocenters. The SMILES string of the molecule is CCN(CC(=O)O)CC1CCCCN1C. The minimum absolute atomic E-state index is 0.167. The lowest BCUT2D eigenvalue weighted by molar-refractivity contribution is -0.138. The van der Waals surface area contributed by atoms with Gasteiger partial charge in [0.15, 0.2) is 0 Å². The van der Waals surface area contributed by atoms with E-state index in [0.717, 1.165) is 19.6 Å². The predicted molar refractivity (Wildman–Crippen MR) is 60.0 cm³/mol. The molecule has 1 unspecified atom stereocenters. The van der Waals surface area contributed by atoms with Crippen LogP contribution in [0.25, 0.3) is 0 Å². The van der Waals surface area contributed by atoms with Gasteiger partial charge in [0.2, 0.25) is 0 Å². The van der Waals surface area contributed by atoms with Crippen LogP contribution in [0.1, 0.15) is 26.2 Å². The van der Waals surface area contributed by atoms with Gasteiger partial charge >= 0.3 is 5.97 Å². The number of carboxylic acid groups (broad SMARTS) is 1. The fraction of sp³-hybridized carbons (Fsp3) is 0.909. The standard InChI is InChI=1S/C11H22N2O2/c1-3-13(9-11(14)15)8-10-6-4-5-7-12(10)2/h10H,3-9H2,1-2H3,(H,14,15). The highest BCUT2D eigenvalue weighted by Crippen LogP contribution is 2.15. The van der Waals surface area contributed by atoms with Crippen molar-refractivity contribution in [3.05, 3.63) is 0 Å². The Hall–Kier alpha value is -0.610. The smallest absolute Gasteiger partial charge is 0.317 e. The number of likely N-dealkylation sites (tertiary alicyclic amines) is 1. The molecule has 1 saturated heterocycles. The first-order valence-electron chi connectivity index (χ1n) is 5.78. The van der Waals surface area contributed by atoms with Crippen LogP contribution in [-0.4, -0.2) is 60.1 Å². The van der Waals surface area contributed by atoms with Gasteiger partial charge in [-0.15, -0.1) is 0 Å². The summed E-state index contributed by atoms with van der Waals surface area (Å²) in [6.45, 7) is 5.04. The lowest BCUT2D eigenvalue weighted by atomic mass is 10.0. The second kappa shape index (κ2) is 6.08. The molecule has 0 aromatic carbocycles. The van der Waals surface area contributed by atoms with Crippen molar-refractivity contribution in [3.8, 4) is 0 Å². The number of likely N-dealkylation sites (N-methyl/N-ethyl adjacent to an activating group) is 2. The fourth-order valence-corrected chi connectivity index (χ4v) is 2.17. The molecule has 0 bridgehead atoms. The van der Waals surface area contributed by atoms with E-state index in [-0.39, 0.29) is 6.54 Å². The van der Waals surface area contributed by atoms with Gasteiger partial charge in [-0.25, -0.2) is 0 Å². The summed E-state index contributed by atoms with van der Waals surface area (Å²) in [5, 5.41) is 8.76. The number of hydrogen-bond acceptors (Lipinski definition) is 3. The molecule has 0 amide bonds. The molecule has 0 radical (unpaired) electrons. The van der Waals surface area contributed by atoms with Crippen LogP contribution in [0, 0.1) is 0 Å². The van der Waals surface area contributed by atoms with Crippen molar-refractivity contribution in [1.82, 2.24) is 9.80 Å². The first kappa shape index (κ1) is 12.5. The molecule has 0 aliphatic carbocycles. The minimum Gasteiger partial charge on any atom is -0.480 e. The maximum absolute atomic E-state index is 10.6. The van der Waals surface area contributed by atoms with E-state index in [1.807, 2.05) is 11.8 Å². The summed E-state index contributed by atoms with van der Waals surface area (Å²) in [5.74, 6) is -0.727. The molecule has 1 aliphatic heterocycles. The lowest BCUT2D eigenvalue weighted by Gasteiger charge is -2.35. The number of hydrogen-bond donors (Lipinski definition) is 1. The molecule has 4 nitrogen and oxygen atoms in total. The highest BCUT2D eigenvalue weighted by molar-refractivity contribution is 5.69. The summed E-state index contributed by atoms with van der Waals surface area (Å²) in [4.78, 5) is 15.0. The van der Waals surface area contributed by atoms with E-state index in [1.54, 1.807) is 0 Å². The Morgan fingerprint density at radius 3 is 2.80 bits per heavy atom. The lowest BCUT2D eigenvalue weighted by Crippen LogP contribution is -2.45. The van der Waals surface area contributed by atoms with Gasteiger partial charge in [0.05, 0.1) is 6.54 Å². The molecular weight excluding hydrogens is 192 g/mol. The third-order valence-corrected chi connectivity index (χ3v) is 3.20. The Kier molecular flexibility index (Phi) is 5.05. The van der Waals surface area contributed by atoms with Crippen LogP contribution < -0.4 is 0 Å². The summed E-state index contributed by atoms with van der Waals surface area (Å²) in [7, 11) is 2.14. The zero-order chi connectivity index (χ0) is 11.3. The summed E-state index contributed by atoms with van der Waals surface area (Å²) in [5.41, 5.74) is 0. The Labute approximate surface area is 91.9 Å². The van der Waals surface area contributed by atoms with E-state index in [4.69, 9.17) is 5.11 Å². The van der Waals surface area contributed by atoms with Gasteiger partial charge in [0.1, 0.15) is 0 Å². The second-order valence-electron chi connectivity index (χ2n) is 4.35. The molecule has 0 aromatic rings. The van der Waals surface area contributed by atoms with Crippen molar-refractivity contribution in [1.29, 1.82) is 0 Å². The number of rotatable bonds is 5. The molecule has 15 heavy (non-hydrogen) atoms. The quantitative estimate of drug-likeness (QED) is 0.738. The molecule has 0 aromatic heterocycles. The number of piperidine rings is 1. The van der Waals surface area contributed by atoms with Gasteiger partial charge < -0.3 is 10.0 Å². The maximum Gasteiger partial charge on any atom is 0.317 e. The van der Waals surface area contributed by atoms with Gasteiger partial charge in [0.25, 0.3) is 0 Å². The van der Waals surface area contributed by atoms with Crippen LogP contribution in [0.5, 0.6) is 0 Å². The number of aliphatic carboxylic acids is 1. The normalized spacial score (nSPS) is 23.3. The highest BCUT2D eigenvalue weighted by atomic mass is 16.4. The van der Waals surface area contributed by atoms with Gasteiger partial charge in [-0.2, -0.15) is 0 Å². The molecule has 88 valence electrons. The highest BCUT2D eigenvalue weighted by Gasteiger charge is 2.21. The van der Waals surface area contributed by atoms with Crippen molar-refractivity contribution >= 4 is 5.97 Å². The fourth-order valence-electron chi connectivity index (χ4n) is 2.17. The van der Waals surface area contributed by atoms with Crippen LogP contribution in [0.2, 0.25) is 0 Å². The summed E-state index contributed by atoms with van der Waals surface area (Å²) in [6.07, 6.45) is 3.75. The Morgan fingerprint density at radius 1 is 1.53 bits per heavy atom. The summed E-state index contributed by atoms with van der Waals surface area (Å²) >= 11 is 0. The predicted octanol–water partition coefficient (Wildman–Crippen LogP) is 0.877. The molecule has 1 rings (SSSR count). The molecule has 0 saturated carbocycles. The van der Waals surface area contributed by atoms with E-state index in [1.165, 1.54) is 19.3 Å². The van der Waals surface area contributed by atoms with Crippen LogP contribution in [-0.2, 0) is 4.79 Å². The van der Waals surface area contributed by atoms with Gasteiger partial charge in [0, 0.05) is 12.6 Å². The van der Waals surface area contributed by atoms with Crippen molar-refractivity contribution in [2.45, 2.75) is 32.2 Å². The number of nitrogens with zero attached hydrogens (tertiary/aromatic N) is 2. The molecule has 1 N–H and O–H groups in total.